The number of aromatic nitrogens is 2. The number of rotatable bonds is 2. The molecule has 1 aromatic heterocycles. The molecule has 0 aliphatic rings. The third-order valence-corrected chi connectivity index (χ3v) is 2.72. The molecule has 0 aliphatic carbocycles. The second-order valence-electron chi connectivity index (χ2n) is 3.18. The van der Waals surface area contributed by atoms with Crippen LogP contribution in [0.15, 0.2) is 21.8 Å². The van der Waals surface area contributed by atoms with Gasteiger partial charge in [0.25, 0.3) is 0 Å². The molecule has 0 atom stereocenters. The van der Waals surface area contributed by atoms with Crippen molar-refractivity contribution >= 4 is 39.3 Å². The third kappa shape index (κ3) is 2.45. The number of hydrogen-bond acceptors (Lipinski definition) is 8. The second-order valence-corrected chi connectivity index (χ2v) is 3.98. The molecule has 0 saturated carbocycles. The summed E-state index contributed by atoms with van der Waals surface area (Å²) in [6, 6.07) is 2.92. The van der Waals surface area contributed by atoms with Crippen LogP contribution in [0.3, 0.4) is 0 Å². The first-order valence-corrected chi connectivity index (χ1v) is 6.07. The lowest BCUT2D eigenvalue weighted by Gasteiger charge is -2.00. The molecular formula is C9H6N6O3S. The van der Waals surface area contributed by atoms with Crippen LogP contribution in [0.5, 0.6) is 0 Å². The second kappa shape index (κ2) is 5.32. The van der Waals surface area contributed by atoms with Gasteiger partial charge in [0.1, 0.15) is 11.2 Å². The summed E-state index contributed by atoms with van der Waals surface area (Å²) in [6.45, 7) is 0. The number of hydrogen-bond donors (Lipinski definition) is 1. The van der Waals surface area contributed by atoms with Crippen LogP contribution >= 0.6 is 11.8 Å². The predicted molar refractivity (Wildman–Crippen MR) is 67.8 cm³/mol. The van der Waals surface area contributed by atoms with E-state index in [1.807, 2.05) is 0 Å². The SMILES string of the molecule is CSC(=Nc1ccc2nonc2c1[N+](=O)[O-])NC#N. The molecule has 0 fully saturated rings. The molecule has 0 aliphatic heterocycles. The fraction of sp³-hybridized carbons (Fsp3) is 0.111. The number of thioether (sulfide) groups is 1. The number of nitrogens with zero attached hydrogens (tertiary/aromatic N) is 5. The summed E-state index contributed by atoms with van der Waals surface area (Å²) in [4.78, 5) is 14.5. The van der Waals surface area contributed by atoms with E-state index in [-0.39, 0.29) is 27.6 Å². The van der Waals surface area contributed by atoms with Crippen molar-refractivity contribution < 1.29 is 9.55 Å². The molecule has 0 bridgehead atoms. The Labute approximate surface area is 110 Å². The van der Waals surface area contributed by atoms with E-state index in [0.29, 0.717) is 0 Å². The topological polar surface area (TPSA) is 130 Å². The highest BCUT2D eigenvalue weighted by molar-refractivity contribution is 8.13. The van der Waals surface area contributed by atoms with E-state index >= 15 is 0 Å². The Morgan fingerprint density at radius 3 is 3.05 bits per heavy atom. The maximum atomic E-state index is 11.1. The quantitative estimate of drug-likeness (QED) is 0.218. The van der Waals surface area contributed by atoms with Gasteiger partial charge < -0.3 is 0 Å². The molecule has 2 aromatic rings. The van der Waals surface area contributed by atoms with E-state index in [4.69, 9.17) is 5.26 Å². The number of nitro benzene ring substituents is 1. The maximum absolute atomic E-state index is 11.1. The van der Waals surface area contributed by atoms with Crippen LogP contribution in [0.1, 0.15) is 0 Å². The highest BCUT2D eigenvalue weighted by Crippen LogP contribution is 2.34. The van der Waals surface area contributed by atoms with E-state index in [9.17, 15) is 10.1 Å². The molecule has 19 heavy (non-hydrogen) atoms. The first-order chi connectivity index (χ1) is 9.17. The predicted octanol–water partition coefficient (Wildman–Crippen LogP) is 1.55. The first kappa shape index (κ1) is 12.8. The van der Waals surface area contributed by atoms with Gasteiger partial charge in [0.05, 0.1) is 4.92 Å². The Morgan fingerprint density at radius 1 is 1.63 bits per heavy atom. The van der Waals surface area contributed by atoms with E-state index < -0.39 is 4.92 Å². The lowest BCUT2D eigenvalue weighted by atomic mass is 10.2. The van der Waals surface area contributed by atoms with Gasteiger partial charge in [-0.1, -0.05) is 11.8 Å². The van der Waals surface area contributed by atoms with Crippen molar-refractivity contribution in [3.63, 3.8) is 0 Å². The summed E-state index contributed by atoms with van der Waals surface area (Å²) in [5.74, 6) is 0. The molecule has 0 spiro atoms. The lowest BCUT2D eigenvalue weighted by Crippen LogP contribution is -2.12. The van der Waals surface area contributed by atoms with Crippen LogP contribution in [-0.2, 0) is 0 Å². The molecule has 1 N–H and O–H groups in total. The number of nitro groups is 1. The van der Waals surface area contributed by atoms with Crippen LogP contribution in [0, 0.1) is 21.6 Å². The summed E-state index contributed by atoms with van der Waals surface area (Å²) in [7, 11) is 0. The fourth-order valence-corrected chi connectivity index (χ4v) is 1.72. The molecule has 0 saturated heterocycles. The van der Waals surface area contributed by atoms with Crippen molar-refractivity contribution in [3.05, 3.63) is 22.2 Å². The zero-order valence-electron chi connectivity index (χ0n) is 9.52. The highest BCUT2D eigenvalue weighted by Gasteiger charge is 2.22. The monoisotopic (exact) mass is 278 g/mol. The van der Waals surface area contributed by atoms with Crippen molar-refractivity contribution in [3.8, 4) is 6.19 Å². The van der Waals surface area contributed by atoms with Gasteiger partial charge in [0.2, 0.25) is 5.52 Å². The van der Waals surface area contributed by atoms with Gasteiger partial charge in [-0.05, 0) is 28.7 Å². The number of nitrogens with one attached hydrogen (secondary N) is 1. The Balaban J connectivity index is 2.63. The van der Waals surface area contributed by atoms with Crippen molar-refractivity contribution in [2.45, 2.75) is 0 Å². The van der Waals surface area contributed by atoms with Crippen LogP contribution in [0.4, 0.5) is 11.4 Å². The molecule has 96 valence electrons. The minimum absolute atomic E-state index is 0.0173. The first-order valence-electron chi connectivity index (χ1n) is 4.84. The zero-order chi connectivity index (χ0) is 13.8. The van der Waals surface area contributed by atoms with Gasteiger partial charge in [0.15, 0.2) is 11.4 Å². The Bertz CT molecular complexity index is 704. The molecule has 0 amide bonds. The Morgan fingerprint density at radius 2 is 2.42 bits per heavy atom. The van der Waals surface area contributed by atoms with E-state index in [0.717, 1.165) is 11.8 Å². The van der Waals surface area contributed by atoms with Crippen LogP contribution in [-0.4, -0.2) is 26.7 Å². The lowest BCUT2D eigenvalue weighted by molar-refractivity contribution is -0.382. The van der Waals surface area contributed by atoms with Crippen LogP contribution in [0.2, 0.25) is 0 Å². The molecular weight excluding hydrogens is 272 g/mol. The molecule has 1 aromatic carbocycles. The molecule has 2 rings (SSSR count). The maximum Gasteiger partial charge on any atom is 0.326 e. The molecule has 0 unspecified atom stereocenters. The molecule has 1 heterocycles. The smallest absolute Gasteiger partial charge is 0.271 e. The normalized spacial score (nSPS) is 11.3. The minimum Gasteiger partial charge on any atom is -0.271 e. The summed E-state index contributed by atoms with van der Waals surface area (Å²) in [5.41, 5.74) is 0.0404. The van der Waals surface area contributed by atoms with E-state index in [2.05, 4.69) is 25.3 Å². The largest absolute Gasteiger partial charge is 0.326 e. The third-order valence-electron chi connectivity index (χ3n) is 2.14. The average molecular weight is 278 g/mol. The summed E-state index contributed by atoms with van der Waals surface area (Å²) in [5, 5.41) is 29.2. The van der Waals surface area contributed by atoms with Crippen LogP contribution in [0.25, 0.3) is 11.0 Å². The van der Waals surface area contributed by atoms with E-state index in [1.165, 1.54) is 12.1 Å². The fourth-order valence-electron chi connectivity index (χ4n) is 1.38. The molecule has 10 heteroatoms. The molecule has 0 radical (unpaired) electrons. The molecule has 9 nitrogen and oxygen atoms in total. The highest BCUT2D eigenvalue weighted by atomic mass is 32.2. The number of nitriles is 1. The number of fused-ring (bicyclic) bond motifs is 1. The summed E-state index contributed by atoms with van der Waals surface area (Å²) in [6.07, 6.45) is 3.39. The van der Waals surface area contributed by atoms with Crippen LogP contribution < -0.4 is 5.32 Å². The van der Waals surface area contributed by atoms with Gasteiger partial charge in [-0.15, -0.1) is 0 Å². The van der Waals surface area contributed by atoms with Crippen molar-refractivity contribution in [1.82, 2.24) is 15.6 Å². The van der Waals surface area contributed by atoms with Crippen molar-refractivity contribution in [2.24, 2.45) is 4.99 Å². The number of benzene rings is 1. The number of amidine groups is 1. The van der Waals surface area contributed by atoms with Crippen molar-refractivity contribution in [1.29, 1.82) is 5.26 Å². The Kier molecular flexibility index (Phi) is 3.58. The summed E-state index contributed by atoms with van der Waals surface area (Å²) >= 11 is 1.15. The Hall–Kier alpha value is -2.67. The van der Waals surface area contributed by atoms with Gasteiger partial charge in [0, 0.05) is 0 Å². The number of aliphatic imine (C=N–C) groups is 1. The van der Waals surface area contributed by atoms with Gasteiger partial charge in [-0.3, -0.25) is 15.4 Å². The van der Waals surface area contributed by atoms with Gasteiger partial charge in [-0.25, -0.2) is 9.62 Å². The van der Waals surface area contributed by atoms with Crippen molar-refractivity contribution in [2.75, 3.05) is 6.26 Å². The standard InChI is InChI=1S/C9H6N6O3S/c1-19-9(11-4-10)12-6-3-2-5-7(14-18-13-5)8(6)15(16)17/h2-3H,1H3,(H,11,12). The minimum atomic E-state index is -0.615. The average Bonchev–Trinajstić information content (AvgIpc) is 2.85. The van der Waals surface area contributed by atoms with E-state index in [1.54, 1.807) is 12.4 Å². The zero-order valence-corrected chi connectivity index (χ0v) is 10.3. The van der Waals surface area contributed by atoms with Gasteiger partial charge in [-0.2, -0.15) is 5.26 Å². The summed E-state index contributed by atoms with van der Waals surface area (Å²) < 4.78 is 4.46. The van der Waals surface area contributed by atoms with Gasteiger partial charge >= 0.3 is 5.69 Å².